The molecular weight excluding hydrogens is 234 g/mol. The number of nitriles is 1. The van der Waals surface area contributed by atoms with E-state index in [1.165, 1.54) is 11.3 Å². The molecule has 0 N–H and O–H groups in total. The highest BCUT2D eigenvalue weighted by molar-refractivity contribution is 8.01. The van der Waals surface area contributed by atoms with Crippen molar-refractivity contribution < 1.29 is 0 Å². The van der Waals surface area contributed by atoms with Gasteiger partial charge in [0.05, 0.1) is 6.07 Å². The zero-order valence-electron chi connectivity index (χ0n) is 9.19. The Kier molecular flexibility index (Phi) is 4.20. The van der Waals surface area contributed by atoms with Gasteiger partial charge in [-0.15, -0.1) is 23.5 Å². The lowest BCUT2D eigenvalue weighted by molar-refractivity contribution is 0.660. The van der Waals surface area contributed by atoms with Gasteiger partial charge in [0.25, 0.3) is 0 Å². The molecule has 84 valence electrons. The molecule has 2 rings (SSSR count). The third-order valence-corrected chi connectivity index (χ3v) is 5.38. The summed E-state index contributed by atoms with van der Waals surface area (Å²) in [5, 5.41) is 9.23. The van der Waals surface area contributed by atoms with E-state index in [0.717, 1.165) is 24.3 Å². The van der Waals surface area contributed by atoms with E-state index in [2.05, 4.69) is 30.3 Å². The van der Waals surface area contributed by atoms with Gasteiger partial charge in [0, 0.05) is 10.6 Å². The van der Waals surface area contributed by atoms with Crippen molar-refractivity contribution in [2.45, 2.75) is 28.9 Å². The summed E-state index contributed by atoms with van der Waals surface area (Å²) in [5.41, 5.74) is 0. The first kappa shape index (κ1) is 11.9. The SMILES string of the molecule is N#CC1(CCSc2ccccc2)CCCS1. The summed E-state index contributed by atoms with van der Waals surface area (Å²) in [6, 6.07) is 12.9. The van der Waals surface area contributed by atoms with Crippen molar-refractivity contribution in [1.29, 1.82) is 5.26 Å². The van der Waals surface area contributed by atoms with Crippen LogP contribution in [0.15, 0.2) is 35.2 Å². The zero-order chi connectivity index (χ0) is 11.3. The van der Waals surface area contributed by atoms with Gasteiger partial charge >= 0.3 is 0 Å². The molecule has 1 nitrogen and oxygen atoms in total. The van der Waals surface area contributed by atoms with Crippen molar-refractivity contribution in [3.63, 3.8) is 0 Å². The number of hydrogen-bond donors (Lipinski definition) is 0. The van der Waals surface area contributed by atoms with Crippen LogP contribution >= 0.6 is 23.5 Å². The lowest BCUT2D eigenvalue weighted by atomic mass is 10.0. The first-order valence-corrected chi connectivity index (χ1v) is 7.55. The average Bonchev–Trinajstić information content (AvgIpc) is 2.80. The van der Waals surface area contributed by atoms with Gasteiger partial charge < -0.3 is 0 Å². The van der Waals surface area contributed by atoms with Crippen molar-refractivity contribution in [2.75, 3.05) is 11.5 Å². The Hall–Kier alpha value is -0.590. The van der Waals surface area contributed by atoms with Crippen molar-refractivity contribution in [1.82, 2.24) is 0 Å². The monoisotopic (exact) mass is 249 g/mol. The molecule has 1 fully saturated rings. The largest absolute Gasteiger partial charge is 0.197 e. The molecule has 0 aromatic heterocycles. The topological polar surface area (TPSA) is 23.8 Å². The van der Waals surface area contributed by atoms with E-state index in [4.69, 9.17) is 0 Å². The lowest BCUT2D eigenvalue weighted by Gasteiger charge is -2.18. The zero-order valence-corrected chi connectivity index (χ0v) is 10.8. The Morgan fingerprint density at radius 1 is 1.38 bits per heavy atom. The molecule has 1 heterocycles. The molecule has 0 radical (unpaired) electrons. The molecule has 0 aliphatic carbocycles. The molecule has 1 atom stereocenters. The lowest BCUT2D eigenvalue weighted by Crippen LogP contribution is -2.18. The van der Waals surface area contributed by atoms with Crippen LogP contribution in [0.5, 0.6) is 0 Å². The minimum Gasteiger partial charge on any atom is -0.197 e. The van der Waals surface area contributed by atoms with Crippen LogP contribution in [0, 0.1) is 11.3 Å². The summed E-state index contributed by atoms with van der Waals surface area (Å²) >= 11 is 3.71. The van der Waals surface area contributed by atoms with Gasteiger partial charge in [0.15, 0.2) is 0 Å². The van der Waals surface area contributed by atoms with Gasteiger partial charge in [-0.2, -0.15) is 5.26 Å². The summed E-state index contributed by atoms with van der Waals surface area (Å²) in [6.45, 7) is 0. The maximum absolute atomic E-state index is 9.23. The van der Waals surface area contributed by atoms with Crippen LogP contribution in [-0.4, -0.2) is 16.3 Å². The molecule has 0 saturated carbocycles. The van der Waals surface area contributed by atoms with Crippen LogP contribution in [0.3, 0.4) is 0 Å². The van der Waals surface area contributed by atoms with Crippen LogP contribution in [0.1, 0.15) is 19.3 Å². The number of hydrogen-bond acceptors (Lipinski definition) is 3. The van der Waals surface area contributed by atoms with E-state index in [-0.39, 0.29) is 4.75 Å². The molecule has 0 bridgehead atoms. The number of thioether (sulfide) groups is 2. The molecule has 3 heteroatoms. The van der Waals surface area contributed by atoms with Crippen LogP contribution in [0.4, 0.5) is 0 Å². The smallest absolute Gasteiger partial charge is 0.103 e. The van der Waals surface area contributed by atoms with Crippen molar-refractivity contribution in [3.8, 4) is 6.07 Å². The summed E-state index contributed by atoms with van der Waals surface area (Å²) in [4.78, 5) is 1.30. The van der Waals surface area contributed by atoms with Gasteiger partial charge in [0.1, 0.15) is 4.75 Å². The predicted molar refractivity (Wildman–Crippen MR) is 71.8 cm³/mol. The molecule has 1 aromatic carbocycles. The van der Waals surface area contributed by atoms with E-state index in [0.29, 0.717) is 0 Å². The second kappa shape index (κ2) is 5.65. The first-order valence-electron chi connectivity index (χ1n) is 5.58. The van der Waals surface area contributed by atoms with E-state index < -0.39 is 0 Å². The van der Waals surface area contributed by atoms with E-state index in [1.54, 1.807) is 0 Å². The molecule has 1 aromatic rings. The van der Waals surface area contributed by atoms with Crippen LogP contribution < -0.4 is 0 Å². The summed E-state index contributed by atoms with van der Waals surface area (Å²) < 4.78 is -0.0816. The third kappa shape index (κ3) is 2.96. The highest BCUT2D eigenvalue weighted by Crippen LogP contribution is 2.41. The molecular formula is C13H15NS2. The van der Waals surface area contributed by atoms with Crippen LogP contribution in [0.25, 0.3) is 0 Å². The van der Waals surface area contributed by atoms with Gasteiger partial charge in [-0.1, -0.05) is 18.2 Å². The van der Waals surface area contributed by atoms with Gasteiger partial charge in [-0.3, -0.25) is 0 Å². The van der Waals surface area contributed by atoms with E-state index in [9.17, 15) is 5.26 Å². The maximum Gasteiger partial charge on any atom is 0.103 e. The predicted octanol–water partition coefficient (Wildman–Crippen LogP) is 3.96. The highest BCUT2D eigenvalue weighted by Gasteiger charge is 2.34. The third-order valence-electron chi connectivity index (χ3n) is 2.82. The fourth-order valence-corrected chi connectivity index (χ4v) is 4.33. The molecule has 0 amide bonds. The number of rotatable bonds is 4. The van der Waals surface area contributed by atoms with Gasteiger partial charge in [-0.25, -0.2) is 0 Å². The van der Waals surface area contributed by atoms with Crippen molar-refractivity contribution >= 4 is 23.5 Å². The summed E-state index contributed by atoms with van der Waals surface area (Å²) in [5.74, 6) is 2.20. The standard InChI is InChI=1S/C13H15NS2/c14-11-13(7-4-9-16-13)8-10-15-12-5-2-1-3-6-12/h1-3,5-6H,4,7-10H2. The minimum atomic E-state index is -0.0816. The Bertz CT molecular complexity index is 363. The molecule has 0 spiro atoms. The van der Waals surface area contributed by atoms with Crippen LogP contribution in [-0.2, 0) is 0 Å². The molecule has 1 unspecified atom stereocenters. The second-order valence-electron chi connectivity index (χ2n) is 3.97. The van der Waals surface area contributed by atoms with Gasteiger partial charge in [0.2, 0.25) is 0 Å². The Morgan fingerprint density at radius 3 is 2.81 bits per heavy atom. The fourth-order valence-electron chi connectivity index (χ4n) is 1.89. The van der Waals surface area contributed by atoms with Gasteiger partial charge in [-0.05, 0) is 37.1 Å². The Balaban J connectivity index is 1.82. The van der Waals surface area contributed by atoms with E-state index >= 15 is 0 Å². The van der Waals surface area contributed by atoms with Crippen molar-refractivity contribution in [3.05, 3.63) is 30.3 Å². The minimum absolute atomic E-state index is 0.0816. The number of benzene rings is 1. The molecule has 16 heavy (non-hydrogen) atoms. The Labute approximate surface area is 106 Å². The maximum atomic E-state index is 9.23. The summed E-state index contributed by atoms with van der Waals surface area (Å²) in [7, 11) is 0. The van der Waals surface area contributed by atoms with Crippen LogP contribution in [0.2, 0.25) is 0 Å². The highest BCUT2D eigenvalue weighted by atomic mass is 32.2. The molecule has 1 aliphatic rings. The number of nitrogens with zero attached hydrogens (tertiary/aromatic N) is 1. The van der Waals surface area contributed by atoms with Crippen molar-refractivity contribution in [2.24, 2.45) is 0 Å². The Morgan fingerprint density at radius 2 is 2.19 bits per heavy atom. The summed E-state index contributed by atoms with van der Waals surface area (Å²) in [6.07, 6.45) is 3.28. The molecule has 1 saturated heterocycles. The first-order chi connectivity index (χ1) is 7.85. The quantitative estimate of drug-likeness (QED) is 0.755. The molecule has 1 aliphatic heterocycles. The van der Waals surface area contributed by atoms with E-state index in [1.807, 2.05) is 29.6 Å². The fraction of sp³-hybridized carbons (Fsp3) is 0.462. The second-order valence-corrected chi connectivity index (χ2v) is 6.62. The average molecular weight is 249 g/mol. The normalized spacial score (nSPS) is 24.2.